The smallest absolute Gasteiger partial charge is 0.372 e. The van der Waals surface area contributed by atoms with Gasteiger partial charge in [0.25, 0.3) is 0 Å². The van der Waals surface area contributed by atoms with Crippen LogP contribution in [0.4, 0.5) is 0 Å². The lowest BCUT2D eigenvalue weighted by molar-refractivity contribution is 0.0657. The van der Waals surface area contributed by atoms with Crippen molar-refractivity contribution in [2.75, 3.05) is 0 Å². The summed E-state index contributed by atoms with van der Waals surface area (Å²) in [6.45, 7) is 1.86. The van der Waals surface area contributed by atoms with Crippen LogP contribution in [0.3, 0.4) is 0 Å². The number of aromatic nitrogens is 1. The third kappa shape index (κ3) is 2.72. The number of aryl methyl sites for hydroxylation is 1. The molecule has 0 bridgehead atoms. The molecule has 2 heterocycles. The second kappa shape index (κ2) is 5.28. The van der Waals surface area contributed by atoms with Crippen LogP contribution in [0.15, 0.2) is 47.0 Å². The topological polar surface area (TPSA) is 72.6 Å². The van der Waals surface area contributed by atoms with Gasteiger partial charge in [0.2, 0.25) is 5.76 Å². The lowest BCUT2D eigenvalue weighted by atomic mass is 10.2. The van der Waals surface area contributed by atoms with Crippen molar-refractivity contribution in [1.29, 1.82) is 0 Å². The maximum Gasteiger partial charge on any atom is 0.372 e. The number of carboxylic acids is 1. The van der Waals surface area contributed by atoms with Crippen molar-refractivity contribution < 1.29 is 19.1 Å². The van der Waals surface area contributed by atoms with E-state index >= 15 is 0 Å². The minimum absolute atomic E-state index is 0.0474. The Morgan fingerprint density at radius 1 is 1.33 bits per heavy atom. The van der Waals surface area contributed by atoms with Crippen molar-refractivity contribution in [3.05, 3.63) is 59.7 Å². The SMILES string of the molecule is Cc1cc(COc2ccc3cccnc3c2)oc1C(=O)O. The normalized spacial score (nSPS) is 10.7. The molecule has 0 saturated carbocycles. The van der Waals surface area contributed by atoms with Gasteiger partial charge in [0, 0.05) is 23.2 Å². The van der Waals surface area contributed by atoms with Gasteiger partial charge >= 0.3 is 5.97 Å². The average Bonchev–Trinajstić information content (AvgIpc) is 2.86. The van der Waals surface area contributed by atoms with Crippen LogP contribution < -0.4 is 4.74 Å². The number of rotatable bonds is 4. The number of carbonyl (C=O) groups is 1. The van der Waals surface area contributed by atoms with Crippen molar-refractivity contribution >= 4 is 16.9 Å². The summed E-state index contributed by atoms with van der Waals surface area (Å²) in [6, 6.07) is 11.1. The maximum absolute atomic E-state index is 10.9. The van der Waals surface area contributed by atoms with Gasteiger partial charge < -0.3 is 14.3 Å². The van der Waals surface area contributed by atoms with E-state index in [1.54, 1.807) is 19.2 Å². The molecule has 0 radical (unpaired) electrons. The number of pyridine rings is 1. The Balaban J connectivity index is 1.77. The van der Waals surface area contributed by atoms with Crippen LogP contribution in [0, 0.1) is 6.92 Å². The van der Waals surface area contributed by atoms with Crippen molar-refractivity contribution in [2.45, 2.75) is 13.5 Å². The van der Waals surface area contributed by atoms with Gasteiger partial charge in [-0.15, -0.1) is 0 Å². The molecule has 1 N–H and O–H groups in total. The van der Waals surface area contributed by atoms with Crippen molar-refractivity contribution in [3.8, 4) is 5.75 Å². The summed E-state index contributed by atoms with van der Waals surface area (Å²) in [7, 11) is 0. The molecule has 106 valence electrons. The first-order chi connectivity index (χ1) is 10.1. The Labute approximate surface area is 120 Å². The Morgan fingerprint density at radius 3 is 2.95 bits per heavy atom. The number of benzene rings is 1. The molecule has 1 aromatic carbocycles. The Hall–Kier alpha value is -2.82. The zero-order valence-electron chi connectivity index (χ0n) is 11.4. The molecule has 0 amide bonds. The van der Waals surface area contributed by atoms with E-state index in [9.17, 15) is 4.79 Å². The molecule has 0 aliphatic carbocycles. The summed E-state index contributed by atoms with van der Waals surface area (Å²) in [5.74, 6) is 0.0144. The zero-order valence-corrected chi connectivity index (χ0v) is 11.4. The number of nitrogens with zero attached hydrogens (tertiary/aromatic N) is 1. The minimum Gasteiger partial charge on any atom is -0.486 e. The van der Waals surface area contributed by atoms with E-state index in [4.69, 9.17) is 14.3 Å². The lowest BCUT2D eigenvalue weighted by Gasteiger charge is -2.05. The molecule has 3 rings (SSSR count). The predicted octanol–water partition coefficient (Wildman–Crippen LogP) is 3.41. The third-order valence-electron chi connectivity index (χ3n) is 3.12. The number of furan rings is 1. The van der Waals surface area contributed by atoms with Crippen LogP contribution in [-0.2, 0) is 6.61 Å². The van der Waals surface area contributed by atoms with E-state index in [0.29, 0.717) is 17.1 Å². The van der Waals surface area contributed by atoms with E-state index < -0.39 is 5.97 Å². The number of hydrogen-bond donors (Lipinski definition) is 1. The fraction of sp³-hybridized carbons (Fsp3) is 0.125. The number of ether oxygens (including phenoxy) is 1. The van der Waals surface area contributed by atoms with E-state index in [1.807, 2.05) is 30.3 Å². The monoisotopic (exact) mass is 283 g/mol. The van der Waals surface area contributed by atoms with E-state index in [-0.39, 0.29) is 12.4 Å². The highest BCUT2D eigenvalue weighted by atomic mass is 16.5. The Morgan fingerprint density at radius 2 is 2.19 bits per heavy atom. The van der Waals surface area contributed by atoms with Gasteiger partial charge in [-0.3, -0.25) is 4.98 Å². The van der Waals surface area contributed by atoms with Crippen molar-refractivity contribution in [3.63, 3.8) is 0 Å². The first-order valence-electron chi connectivity index (χ1n) is 6.43. The zero-order chi connectivity index (χ0) is 14.8. The molecule has 0 atom stereocenters. The van der Waals surface area contributed by atoms with Gasteiger partial charge in [0.1, 0.15) is 18.1 Å². The first kappa shape index (κ1) is 13.2. The summed E-state index contributed by atoms with van der Waals surface area (Å²) < 4.78 is 10.9. The van der Waals surface area contributed by atoms with Gasteiger partial charge in [-0.1, -0.05) is 6.07 Å². The highest BCUT2D eigenvalue weighted by molar-refractivity contribution is 5.86. The molecule has 21 heavy (non-hydrogen) atoms. The molecule has 5 heteroatoms. The van der Waals surface area contributed by atoms with E-state index in [2.05, 4.69) is 4.98 Å². The molecule has 0 aliphatic rings. The Kier molecular flexibility index (Phi) is 3.31. The van der Waals surface area contributed by atoms with Crippen LogP contribution in [0.5, 0.6) is 5.75 Å². The van der Waals surface area contributed by atoms with Gasteiger partial charge in [-0.2, -0.15) is 0 Å². The largest absolute Gasteiger partial charge is 0.486 e. The molecule has 3 aromatic rings. The molecular formula is C16H13NO4. The van der Waals surface area contributed by atoms with Gasteiger partial charge in [-0.25, -0.2) is 4.79 Å². The first-order valence-corrected chi connectivity index (χ1v) is 6.43. The van der Waals surface area contributed by atoms with Crippen LogP contribution in [-0.4, -0.2) is 16.1 Å². The fourth-order valence-corrected chi connectivity index (χ4v) is 2.12. The summed E-state index contributed by atoms with van der Waals surface area (Å²) in [6.07, 6.45) is 1.72. The lowest BCUT2D eigenvalue weighted by Crippen LogP contribution is -1.96. The number of carboxylic acid groups (broad SMARTS) is 1. The van der Waals surface area contributed by atoms with Crippen LogP contribution >= 0.6 is 0 Å². The second-order valence-electron chi connectivity index (χ2n) is 4.68. The molecule has 0 unspecified atom stereocenters. The van der Waals surface area contributed by atoms with Crippen molar-refractivity contribution in [2.24, 2.45) is 0 Å². The number of aromatic carboxylic acids is 1. The molecule has 0 fully saturated rings. The molecule has 0 saturated heterocycles. The standard InChI is InChI=1S/C16H13NO4/c1-10-7-13(21-15(10)16(18)19)9-20-12-5-4-11-3-2-6-17-14(11)8-12/h2-8H,9H2,1H3,(H,18,19). The predicted molar refractivity (Wildman–Crippen MR) is 76.5 cm³/mol. The highest BCUT2D eigenvalue weighted by Crippen LogP contribution is 2.21. The van der Waals surface area contributed by atoms with Crippen LogP contribution in [0.2, 0.25) is 0 Å². The fourth-order valence-electron chi connectivity index (χ4n) is 2.12. The second-order valence-corrected chi connectivity index (χ2v) is 4.68. The summed E-state index contributed by atoms with van der Waals surface area (Å²) in [4.78, 5) is 15.2. The number of fused-ring (bicyclic) bond motifs is 1. The van der Waals surface area contributed by atoms with E-state index in [1.165, 1.54) is 0 Å². The molecule has 0 aliphatic heterocycles. The summed E-state index contributed by atoms with van der Waals surface area (Å²) in [5.41, 5.74) is 1.43. The quantitative estimate of drug-likeness (QED) is 0.794. The highest BCUT2D eigenvalue weighted by Gasteiger charge is 2.14. The van der Waals surface area contributed by atoms with Crippen LogP contribution in [0.1, 0.15) is 21.9 Å². The Bertz CT molecular complexity index is 807. The third-order valence-corrected chi connectivity index (χ3v) is 3.12. The van der Waals surface area contributed by atoms with Crippen molar-refractivity contribution in [1.82, 2.24) is 4.98 Å². The minimum atomic E-state index is -1.08. The number of hydrogen-bond acceptors (Lipinski definition) is 4. The maximum atomic E-state index is 10.9. The van der Waals surface area contributed by atoms with Gasteiger partial charge in [-0.05, 0) is 31.2 Å². The molecule has 5 nitrogen and oxygen atoms in total. The van der Waals surface area contributed by atoms with E-state index in [0.717, 1.165) is 10.9 Å². The molecule has 2 aromatic heterocycles. The molecule has 0 spiro atoms. The summed E-state index contributed by atoms with van der Waals surface area (Å²) >= 11 is 0. The summed E-state index contributed by atoms with van der Waals surface area (Å²) in [5, 5.41) is 9.97. The van der Waals surface area contributed by atoms with Crippen LogP contribution in [0.25, 0.3) is 10.9 Å². The molecular weight excluding hydrogens is 270 g/mol. The average molecular weight is 283 g/mol. The van der Waals surface area contributed by atoms with Gasteiger partial charge in [0.15, 0.2) is 0 Å². The van der Waals surface area contributed by atoms with Gasteiger partial charge in [0.05, 0.1) is 5.52 Å².